The van der Waals surface area contributed by atoms with Gasteiger partial charge in [-0.15, -0.1) is 0 Å². The maximum Gasteiger partial charge on any atom is 0.252 e. The third-order valence-corrected chi connectivity index (χ3v) is 3.83. The fourth-order valence-corrected chi connectivity index (χ4v) is 2.19. The van der Waals surface area contributed by atoms with Gasteiger partial charge in [0.1, 0.15) is 5.82 Å². The lowest BCUT2D eigenvalue weighted by atomic mass is 10.1. The van der Waals surface area contributed by atoms with Gasteiger partial charge in [0.25, 0.3) is 5.91 Å². The Bertz CT molecular complexity index is 613. The van der Waals surface area contributed by atoms with Crippen LogP contribution in [0.2, 0.25) is 0 Å². The Hall–Kier alpha value is -1.68. The normalized spacial score (nSPS) is 10.3. The first-order valence-electron chi connectivity index (χ1n) is 5.85. The molecule has 2 rings (SSSR count). The van der Waals surface area contributed by atoms with Crippen LogP contribution in [0.3, 0.4) is 0 Å². The van der Waals surface area contributed by atoms with Crippen LogP contribution in [0, 0.1) is 12.7 Å². The molecule has 2 aromatic rings. The number of nitrogens with one attached hydrogen (secondary N) is 1. The second kappa shape index (κ2) is 5.97. The van der Waals surface area contributed by atoms with Gasteiger partial charge in [-0.3, -0.25) is 4.79 Å². The number of aryl methyl sites for hydroxylation is 1. The first-order valence-corrected chi connectivity index (χ1v) is 6.65. The van der Waals surface area contributed by atoms with Gasteiger partial charge < -0.3 is 5.32 Å². The van der Waals surface area contributed by atoms with E-state index in [-0.39, 0.29) is 11.7 Å². The number of halogens is 2. The highest BCUT2D eigenvalue weighted by atomic mass is 79.9. The van der Waals surface area contributed by atoms with Gasteiger partial charge in [-0.25, -0.2) is 4.39 Å². The van der Waals surface area contributed by atoms with Crippen LogP contribution in [0.1, 0.15) is 21.5 Å². The average Bonchev–Trinajstić information content (AvgIpc) is 2.39. The molecule has 0 aromatic heterocycles. The minimum atomic E-state index is -0.302. The molecule has 1 N–H and O–H groups in total. The summed E-state index contributed by atoms with van der Waals surface area (Å²) in [6, 6.07) is 11.7. The van der Waals surface area contributed by atoms with E-state index in [1.54, 1.807) is 18.2 Å². The number of carbonyl (C=O) groups is 1. The van der Waals surface area contributed by atoms with Crippen molar-refractivity contribution in [3.63, 3.8) is 0 Å². The van der Waals surface area contributed by atoms with Crippen molar-refractivity contribution in [1.29, 1.82) is 0 Å². The first kappa shape index (κ1) is 13.7. The Morgan fingerprint density at radius 1 is 1.26 bits per heavy atom. The molecule has 0 bridgehead atoms. The van der Waals surface area contributed by atoms with E-state index in [4.69, 9.17) is 0 Å². The summed E-state index contributed by atoms with van der Waals surface area (Å²) in [5.41, 5.74) is 2.31. The minimum Gasteiger partial charge on any atom is -0.348 e. The second-order valence-corrected chi connectivity index (χ2v) is 5.04. The van der Waals surface area contributed by atoms with E-state index in [0.717, 1.165) is 15.6 Å². The molecule has 0 saturated carbocycles. The van der Waals surface area contributed by atoms with Crippen molar-refractivity contribution < 1.29 is 9.18 Å². The van der Waals surface area contributed by atoms with Crippen molar-refractivity contribution in [1.82, 2.24) is 5.32 Å². The molecule has 0 aliphatic rings. The van der Waals surface area contributed by atoms with Crippen LogP contribution in [-0.2, 0) is 6.54 Å². The molecule has 0 fully saturated rings. The quantitative estimate of drug-likeness (QED) is 0.914. The van der Waals surface area contributed by atoms with Crippen LogP contribution in [-0.4, -0.2) is 5.91 Å². The second-order valence-electron chi connectivity index (χ2n) is 4.25. The fraction of sp³-hybridized carbons (Fsp3) is 0.133. The molecule has 2 nitrogen and oxygen atoms in total. The zero-order valence-electron chi connectivity index (χ0n) is 10.4. The first-order chi connectivity index (χ1) is 9.08. The van der Waals surface area contributed by atoms with E-state index < -0.39 is 0 Å². The van der Waals surface area contributed by atoms with E-state index in [1.165, 1.54) is 12.1 Å². The van der Waals surface area contributed by atoms with Gasteiger partial charge in [0.15, 0.2) is 0 Å². The Balaban J connectivity index is 2.08. The summed E-state index contributed by atoms with van der Waals surface area (Å²) in [4.78, 5) is 12.0. The van der Waals surface area contributed by atoms with Gasteiger partial charge in [-0.05, 0) is 52.2 Å². The van der Waals surface area contributed by atoms with Crippen LogP contribution in [0.5, 0.6) is 0 Å². The SMILES string of the molecule is Cc1cccc(C(=O)NCc2cccc(F)c2)c1Br. The molecule has 0 heterocycles. The Kier molecular flexibility index (Phi) is 4.32. The van der Waals surface area contributed by atoms with Crippen molar-refractivity contribution in [3.8, 4) is 0 Å². The molecule has 0 spiro atoms. The summed E-state index contributed by atoms with van der Waals surface area (Å²) in [6.45, 7) is 2.23. The van der Waals surface area contributed by atoms with Crippen LogP contribution in [0.15, 0.2) is 46.9 Å². The van der Waals surface area contributed by atoms with Gasteiger partial charge in [-0.2, -0.15) is 0 Å². The molecule has 19 heavy (non-hydrogen) atoms. The average molecular weight is 322 g/mol. The molecular weight excluding hydrogens is 309 g/mol. The third-order valence-electron chi connectivity index (χ3n) is 2.78. The molecule has 0 radical (unpaired) electrons. The number of hydrogen-bond donors (Lipinski definition) is 1. The van der Waals surface area contributed by atoms with Crippen molar-refractivity contribution in [2.45, 2.75) is 13.5 Å². The number of rotatable bonds is 3. The van der Waals surface area contributed by atoms with Crippen molar-refractivity contribution in [3.05, 3.63) is 69.4 Å². The lowest BCUT2D eigenvalue weighted by Crippen LogP contribution is -2.23. The standard InChI is InChI=1S/C15H13BrFNO/c1-10-4-2-7-13(14(10)16)15(19)18-9-11-5-3-6-12(17)8-11/h2-8H,9H2,1H3,(H,18,19). The fourth-order valence-electron chi connectivity index (χ4n) is 1.75. The van der Waals surface area contributed by atoms with Gasteiger partial charge in [-0.1, -0.05) is 24.3 Å². The molecule has 0 atom stereocenters. The maximum atomic E-state index is 13.0. The van der Waals surface area contributed by atoms with Gasteiger partial charge in [0, 0.05) is 11.0 Å². The number of carbonyl (C=O) groups excluding carboxylic acids is 1. The summed E-state index contributed by atoms with van der Waals surface area (Å²) in [5, 5.41) is 2.77. The van der Waals surface area contributed by atoms with Gasteiger partial charge in [0.2, 0.25) is 0 Å². The summed E-state index contributed by atoms with van der Waals surface area (Å²) >= 11 is 3.40. The number of benzene rings is 2. The molecule has 0 aliphatic carbocycles. The third kappa shape index (κ3) is 3.41. The highest BCUT2D eigenvalue weighted by Crippen LogP contribution is 2.20. The molecule has 1 amide bonds. The van der Waals surface area contributed by atoms with E-state index in [9.17, 15) is 9.18 Å². The molecule has 0 unspecified atom stereocenters. The molecule has 98 valence electrons. The lowest BCUT2D eigenvalue weighted by Gasteiger charge is -2.08. The minimum absolute atomic E-state index is 0.181. The van der Waals surface area contributed by atoms with Crippen molar-refractivity contribution >= 4 is 21.8 Å². The van der Waals surface area contributed by atoms with E-state index in [0.29, 0.717) is 12.1 Å². The van der Waals surface area contributed by atoms with Crippen LogP contribution >= 0.6 is 15.9 Å². The van der Waals surface area contributed by atoms with Gasteiger partial charge >= 0.3 is 0 Å². The summed E-state index contributed by atoms with van der Waals surface area (Å²) in [7, 11) is 0. The van der Waals surface area contributed by atoms with Crippen molar-refractivity contribution in [2.24, 2.45) is 0 Å². The van der Waals surface area contributed by atoms with E-state index in [2.05, 4.69) is 21.2 Å². The molecule has 0 aliphatic heterocycles. The highest BCUT2D eigenvalue weighted by Gasteiger charge is 2.10. The number of hydrogen-bond acceptors (Lipinski definition) is 1. The van der Waals surface area contributed by atoms with Gasteiger partial charge in [0.05, 0.1) is 5.56 Å². The summed E-state index contributed by atoms with van der Waals surface area (Å²) in [6.07, 6.45) is 0. The Morgan fingerprint density at radius 2 is 2.00 bits per heavy atom. The van der Waals surface area contributed by atoms with E-state index in [1.807, 2.05) is 19.1 Å². The molecule has 4 heteroatoms. The maximum absolute atomic E-state index is 13.0. The number of amides is 1. The Labute approximate surface area is 119 Å². The highest BCUT2D eigenvalue weighted by molar-refractivity contribution is 9.10. The topological polar surface area (TPSA) is 29.1 Å². The smallest absolute Gasteiger partial charge is 0.252 e. The summed E-state index contributed by atoms with van der Waals surface area (Å²) in [5.74, 6) is -0.483. The summed E-state index contributed by atoms with van der Waals surface area (Å²) < 4.78 is 13.8. The van der Waals surface area contributed by atoms with Crippen LogP contribution < -0.4 is 5.32 Å². The van der Waals surface area contributed by atoms with Crippen molar-refractivity contribution in [2.75, 3.05) is 0 Å². The van der Waals surface area contributed by atoms with Crippen LogP contribution in [0.4, 0.5) is 4.39 Å². The molecular formula is C15H13BrFNO. The zero-order chi connectivity index (χ0) is 13.8. The molecule has 0 saturated heterocycles. The Morgan fingerprint density at radius 3 is 2.74 bits per heavy atom. The largest absolute Gasteiger partial charge is 0.348 e. The van der Waals surface area contributed by atoms with E-state index >= 15 is 0 Å². The monoisotopic (exact) mass is 321 g/mol. The molecule has 2 aromatic carbocycles. The van der Waals surface area contributed by atoms with Crippen LogP contribution in [0.25, 0.3) is 0 Å². The predicted molar refractivity (Wildman–Crippen MR) is 76.4 cm³/mol. The predicted octanol–water partition coefficient (Wildman–Crippen LogP) is 3.83. The lowest BCUT2D eigenvalue weighted by molar-refractivity contribution is 0.0950. The zero-order valence-corrected chi connectivity index (χ0v) is 12.0.